The van der Waals surface area contributed by atoms with Gasteiger partial charge >= 0.3 is 5.95 Å². The molecule has 1 fully saturated rings. The predicted molar refractivity (Wildman–Crippen MR) is 156 cm³/mol. The predicted octanol–water partition coefficient (Wildman–Crippen LogP) is 4.32. The van der Waals surface area contributed by atoms with E-state index in [0.29, 0.717) is 30.3 Å². The Balaban J connectivity index is 1.75. The van der Waals surface area contributed by atoms with Crippen molar-refractivity contribution in [2.24, 2.45) is 0 Å². The number of aromatic nitrogens is 4. The number of carbonyl (C=O) groups excluding carboxylic acids is 1. The van der Waals surface area contributed by atoms with E-state index in [0.717, 1.165) is 48.5 Å². The van der Waals surface area contributed by atoms with Gasteiger partial charge in [-0.15, -0.1) is 4.68 Å². The Bertz CT molecular complexity index is 1350. The standard InChI is InChI=1S/C30H44N6O4/c1-9-21(10-2)40-26-17-22(19(3)4)28-33-35(29(31)36(28)32-26)18-25(37)20-15-23(30(5,6)7)27(38-8)24(16-20)34-11-13-39-14-12-34/h15-17,19,21,31H,9-14,18H2,1-8H3/p+1. The van der Waals surface area contributed by atoms with E-state index in [2.05, 4.69) is 58.5 Å². The van der Waals surface area contributed by atoms with Crippen molar-refractivity contribution < 1.29 is 23.7 Å². The van der Waals surface area contributed by atoms with E-state index < -0.39 is 0 Å². The Labute approximate surface area is 237 Å². The van der Waals surface area contributed by atoms with E-state index in [1.165, 1.54) is 4.68 Å². The summed E-state index contributed by atoms with van der Waals surface area (Å²) in [4.78, 5) is 16.0. The zero-order valence-electron chi connectivity index (χ0n) is 25.3. The van der Waals surface area contributed by atoms with E-state index in [4.69, 9.17) is 25.0 Å². The van der Waals surface area contributed by atoms with Crippen molar-refractivity contribution in [3.63, 3.8) is 0 Å². The molecule has 3 aromatic rings. The maximum absolute atomic E-state index is 13.8. The highest BCUT2D eigenvalue weighted by atomic mass is 16.5. The largest absolute Gasteiger partial charge is 0.494 e. The first-order valence-corrected chi connectivity index (χ1v) is 14.3. The summed E-state index contributed by atoms with van der Waals surface area (Å²) in [5.74, 6) is 1.64. The van der Waals surface area contributed by atoms with Gasteiger partial charge in [-0.1, -0.05) is 63.2 Å². The van der Waals surface area contributed by atoms with E-state index >= 15 is 0 Å². The van der Waals surface area contributed by atoms with Crippen LogP contribution in [0.3, 0.4) is 0 Å². The van der Waals surface area contributed by atoms with Gasteiger partial charge in [0.2, 0.25) is 5.88 Å². The second kappa shape index (κ2) is 12.0. The summed E-state index contributed by atoms with van der Waals surface area (Å²) in [6.45, 7) is 17.5. The molecule has 0 atom stereocenters. The van der Waals surface area contributed by atoms with E-state index in [1.807, 2.05) is 18.2 Å². The van der Waals surface area contributed by atoms with Gasteiger partial charge in [0, 0.05) is 35.8 Å². The molecule has 1 saturated heterocycles. The third-order valence-electron chi connectivity index (χ3n) is 7.50. The van der Waals surface area contributed by atoms with Gasteiger partial charge in [-0.25, -0.2) is 0 Å². The van der Waals surface area contributed by atoms with Crippen LogP contribution in [0.25, 0.3) is 5.65 Å². The van der Waals surface area contributed by atoms with Crippen LogP contribution < -0.4 is 24.8 Å². The SMILES string of the molecule is CCC(CC)Oc1cc(C(C)C)c2n[n+](CC(=O)c3cc(N4CCOCC4)c(OC)c(C(C)(C)C)c3)c(N)n2n1. The maximum Gasteiger partial charge on any atom is 0.401 e. The van der Waals surface area contributed by atoms with Crippen molar-refractivity contribution in [1.29, 1.82) is 0 Å². The third kappa shape index (κ3) is 6.01. The molecule has 10 heteroatoms. The first-order valence-electron chi connectivity index (χ1n) is 14.3. The van der Waals surface area contributed by atoms with Gasteiger partial charge in [0.05, 0.1) is 26.0 Å². The van der Waals surface area contributed by atoms with Gasteiger partial charge < -0.3 is 19.1 Å². The van der Waals surface area contributed by atoms with Crippen molar-refractivity contribution in [3.8, 4) is 11.6 Å². The minimum Gasteiger partial charge on any atom is -0.494 e. The van der Waals surface area contributed by atoms with Gasteiger partial charge in [0.25, 0.3) is 5.65 Å². The molecule has 0 saturated carbocycles. The lowest BCUT2D eigenvalue weighted by Crippen LogP contribution is -2.42. The maximum atomic E-state index is 13.8. The van der Waals surface area contributed by atoms with Crippen molar-refractivity contribution in [2.75, 3.05) is 44.0 Å². The first-order chi connectivity index (χ1) is 19.0. The summed E-state index contributed by atoms with van der Waals surface area (Å²) in [5, 5.41) is 9.38. The van der Waals surface area contributed by atoms with Crippen LogP contribution in [0.2, 0.25) is 0 Å². The van der Waals surface area contributed by atoms with Crippen LogP contribution in [0.1, 0.15) is 88.7 Å². The molecule has 4 rings (SSSR count). The number of carbonyl (C=O) groups is 1. The van der Waals surface area contributed by atoms with E-state index in [-0.39, 0.29) is 35.7 Å². The molecule has 0 spiro atoms. The first kappa shape index (κ1) is 29.6. The number of nitrogen functional groups attached to an aromatic ring is 1. The quantitative estimate of drug-likeness (QED) is 0.292. The molecule has 1 aliphatic rings. The van der Waals surface area contributed by atoms with E-state index in [1.54, 1.807) is 11.6 Å². The Morgan fingerprint density at radius 1 is 1.15 bits per heavy atom. The molecule has 1 aliphatic heterocycles. The van der Waals surface area contributed by atoms with Crippen molar-refractivity contribution in [2.45, 2.75) is 85.3 Å². The average Bonchev–Trinajstić information content (AvgIpc) is 3.24. The molecule has 10 nitrogen and oxygen atoms in total. The number of benzene rings is 1. The number of morpholine rings is 1. The molecule has 2 aromatic heterocycles. The number of fused-ring (bicyclic) bond motifs is 1. The molecule has 0 unspecified atom stereocenters. The Morgan fingerprint density at radius 3 is 2.40 bits per heavy atom. The van der Waals surface area contributed by atoms with Crippen LogP contribution in [0.4, 0.5) is 11.6 Å². The van der Waals surface area contributed by atoms with Crippen molar-refractivity contribution >= 4 is 23.1 Å². The fraction of sp³-hybridized carbons (Fsp3) is 0.600. The fourth-order valence-electron chi connectivity index (χ4n) is 5.07. The molecular formula is C30H45N6O4+. The van der Waals surface area contributed by atoms with Crippen LogP contribution >= 0.6 is 0 Å². The number of methoxy groups -OCH3 is 1. The zero-order valence-corrected chi connectivity index (χ0v) is 25.3. The number of nitrogens with two attached hydrogens (primary N) is 1. The number of ketones is 1. The summed E-state index contributed by atoms with van der Waals surface area (Å²) in [5.41, 5.74) is 10.4. The highest BCUT2D eigenvalue weighted by Crippen LogP contribution is 2.40. The lowest BCUT2D eigenvalue weighted by molar-refractivity contribution is -0.723. The summed E-state index contributed by atoms with van der Waals surface area (Å²) < 4.78 is 20.7. The minimum absolute atomic E-state index is 0.0199. The number of anilines is 2. The number of Topliss-reactive ketones (excluding diaryl/α,β-unsaturated/α-hetero) is 1. The normalized spacial score (nSPS) is 14.4. The number of nitrogens with zero attached hydrogens (tertiary/aromatic N) is 5. The zero-order chi connectivity index (χ0) is 29.2. The van der Waals surface area contributed by atoms with Crippen LogP contribution in [0.15, 0.2) is 18.2 Å². The summed E-state index contributed by atoms with van der Waals surface area (Å²) >= 11 is 0. The Hall–Kier alpha value is -3.40. The monoisotopic (exact) mass is 553 g/mol. The summed E-state index contributed by atoms with van der Waals surface area (Å²) in [6, 6.07) is 5.80. The third-order valence-corrected chi connectivity index (χ3v) is 7.50. The second-order valence-corrected chi connectivity index (χ2v) is 11.7. The number of hydrogen-bond donors (Lipinski definition) is 1. The van der Waals surface area contributed by atoms with E-state index in [9.17, 15) is 4.79 Å². The molecule has 0 aliphatic carbocycles. The van der Waals surface area contributed by atoms with Crippen LogP contribution in [-0.2, 0) is 16.7 Å². The van der Waals surface area contributed by atoms with Gasteiger partial charge in [-0.05, 0) is 36.3 Å². The molecular weight excluding hydrogens is 508 g/mol. The van der Waals surface area contributed by atoms with Gasteiger partial charge in [0.15, 0.2) is 12.3 Å². The molecule has 0 bridgehead atoms. The highest BCUT2D eigenvalue weighted by molar-refractivity contribution is 5.97. The number of rotatable bonds is 10. The lowest BCUT2D eigenvalue weighted by Gasteiger charge is -2.33. The topological polar surface area (TPSA) is 108 Å². The van der Waals surface area contributed by atoms with Crippen LogP contribution in [0.5, 0.6) is 11.6 Å². The molecule has 1 aromatic carbocycles. The second-order valence-electron chi connectivity index (χ2n) is 11.7. The number of hydrogen-bond acceptors (Lipinski definition) is 8. The molecule has 0 amide bonds. The van der Waals surface area contributed by atoms with Crippen molar-refractivity contribution in [3.05, 3.63) is 34.9 Å². The molecule has 3 heterocycles. The summed E-state index contributed by atoms with van der Waals surface area (Å²) in [7, 11) is 1.68. The molecule has 2 N–H and O–H groups in total. The Morgan fingerprint density at radius 2 is 1.82 bits per heavy atom. The highest BCUT2D eigenvalue weighted by Gasteiger charge is 2.29. The lowest BCUT2D eigenvalue weighted by atomic mass is 9.84. The number of ether oxygens (including phenoxy) is 3. The smallest absolute Gasteiger partial charge is 0.401 e. The average molecular weight is 554 g/mol. The van der Waals surface area contributed by atoms with Gasteiger partial charge in [-0.3, -0.25) is 10.5 Å². The molecule has 218 valence electrons. The van der Waals surface area contributed by atoms with Gasteiger partial charge in [-0.2, -0.15) is 0 Å². The Kier molecular flexibility index (Phi) is 8.87. The minimum atomic E-state index is -0.237. The molecule has 40 heavy (non-hydrogen) atoms. The summed E-state index contributed by atoms with van der Waals surface area (Å²) in [6.07, 6.45) is 1.83. The molecule has 0 radical (unpaired) electrons. The fourth-order valence-corrected chi connectivity index (χ4v) is 5.07. The van der Waals surface area contributed by atoms with Gasteiger partial charge in [0.1, 0.15) is 11.9 Å². The van der Waals surface area contributed by atoms with Crippen molar-refractivity contribution in [1.82, 2.24) is 14.7 Å². The van der Waals surface area contributed by atoms with Crippen LogP contribution in [0, 0.1) is 0 Å². The van der Waals surface area contributed by atoms with Crippen LogP contribution in [-0.4, -0.2) is 60.0 Å².